The quantitative estimate of drug-likeness (QED) is 0.436. The number of aromatic nitrogens is 3. The minimum atomic E-state index is -2.87. The number of alkyl halides is 2. The summed E-state index contributed by atoms with van der Waals surface area (Å²) in [6, 6.07) is 8.95. The van der Waals surface area contributed by atoms with Gasteiger partial charge in [0, 0.05) is 37.2 Å². The zero-order valence-electron chi connectivity index (χ0n) is 16.8. The molecule has 0 fully saturated rings. The van der Waals surface area contributed by atoms with Crippen molar-refractivity contribution in [2.45, 2.75) is 33.5 Å². The summed E-state index contributed by atoms with van der Waals surface area (Å²) in [5.74, 6) is 1.50. The van der Waals surface area contributed by atoms with Gasteiger partial charge in [-0.2, -0.15) is 8.78 Å². The lowest BCUT2D eigenvalue weighted by atomic mass is 10.1. The van der Waals surface area contributed by atoms with E-state index >= 15 is 0 Å². The number of halogens is 2. The van der Waals surface area contributed by atoms with Crippen LogP contribution in [-0.4, -0.2) is 33.7 Å². The molecule has 2 N–H and O–H groups in total. The largest absolute Gasteiger partial charge is 0.434 e. The summed E-state index contributed by atoms with van der Waals surface area (Å²) < 4.78 is 31.8. The van der Waals surface area contributed by atoms with E-state index in [2.05, 4.69) is 30.3 Å². The van der Waals surface area contributed by atoms with Crippen LogP contribution in [0.4, 0.5) is 8.78 Å². The molecule has 0 aliphatic rings. The number of aliphatic imine (C=N–C) groups is 1. The molecule has 2 aromatic heterocycles. The Morgan fingerprint density at radius 2 is 2.10 bits per heavy atom. The van der Waals surface area contributed by atoms with Crippen LogP contribution in [-0.2, 0) is 13.1 Å². The van der Waals surface area contributed by atoms with Crippen LogP contribution in [0.1, 0.15) is 23.6 Å². The van der Waals surface area contributed by atoms with Crippen LogP contribution in [0.3, 0.4) is 0 Å². The van der Waals surface area contributed by atoms with Crippen LogP contribution in [0.2, 0.25) is 0 Å². The molecule has 0 atom stereocenters. The predicted molar refractivity (Wildman–Crippen MR) is 111 cm³/mol. The van der Waals surface area contributed by atoms with Crippen LogP contribution in [0.25, 0.3) is 5.82 Å². The van der Waals surface area contributed by atoms with Gasteiger partial charge in [0.05, 0.1) is 6.54 Å². The van der Waals surface area contributed by atoms with E-state index in [1.54, 1.807) is 30.9 Å². The molecule has 0 saturated heterocycles. The smallest absolute Gasteiger partial charge is 0.387 e. The Balaban J connectivity index is 1.66. The van der Waals surface area contributed by atoms with Crippen molar-refractivity contribution in [3.63, 3.8) is 0 Å². The molecule has 0 aliphatic heterocycles. The fourth-order valence-electron chi connectivity index (χ4n) is 2.81. The summed E-state index contributed by atoms with van der Waals surface area (Å²) in [6.07, 6.45) is 6.97. The summed E-state index contributed by atoms with van der Waals surface area (Å²) in [5, 5.41) is 6.31. The average molecular weight is 414 g/mol. The fraction of sp³-hybridized carbons (Fsp3) is 0.286. The Labute approximate surface area is 173 Å². The van der Waals surface area contributed by atoms with Gasteiger partial charge in [-0.1, -0.05) is 23.8 Å². The second-order valence-electron chi connectivity index (χ2n) is 6.53. The molecular formula is C21H24F2N6O. The van der Waals surface area contributed by atoms with E-state index in [0.717, 1.165) is 16.9 Å². The molecule has 0 aliphatic carbocycles. The molecule has 0 radical (unpaired) electrons. The summed E-state index contributed by atoms with van der Waals surface area (Å²) in [4.78, 5) is 13.0. The summed E-state index contributed by atoms with van der Waals surface area (Å²) in [7, 11) is 0. The van der Waals surface area contributed by atoms with Gasteiger partial charge in [0.1, 0.15) is 17.9 Å². The number of benzene rings is 1. The molecule has 0 amide bonds. The lowest BCUT2D eigenvalue weighted by molar-refractivity contribution is -0.0504. The number of hydrogen-bond donors (Lipinski definition) is 2. The Bertz CT molecular complexity index is 958. The van der Waals surface area contributed by atoms with Gasteiger partial charge >= 0.3 is 6.61 Å². The third kappa shape index (κ3) is 6.00. The number of imidazole rings is 1. The van der Waals surface area contributed by atoms with Gasteiger partial charge in [0.2, 0.25) is 0 Å². The Hall–Kier alpha value is -3.49. The topological polar surface area (TPSA) is 76.4 Å². The van der Waals surface area contributed by atoms with Gasteiger partial charge in [-0.25, -0.2) is 15.0 Å². The van der Waals surface area contributed by atoms with E-state index in [1.165, 1.54) is 0 Å². The number of guanidine groups is 1. The SMILES string of the molecule is CCNC(=NCc1ccc(-n2ccnc2)nc1)NCc1cc(C)ccc1OC(F)F. The molecule has 0 saturated carbocycles. The maximum Gasteiger partial charge on any atom is 0.387 e. The van der Waals surface area contributed by atoms with Crippen LogP contribution in [0.5, 0.6) is 5.75 Å². The molecule has 7 nitrogen and oxygen atoms in total. The second-order valence-corrected chi connectivity index (χ2v) is 6.53. The van der Waals surface area contributed by atoms with Crippen molar-refractivity contribution >= 4 is 5.96 Å². The average Bonchev–Trinajstić information content (AvgIpc) is 3.27. The molecule has 30 heavy (non-hydrogen) atoms. The van der Waals surface area contributed by atoms with Crippen LogP contribution < -0.4 is 15.4 Å². The highest BCUT2D eigenvalue weighted by molar-refractivity contribution is 5.79. The minimum absolute atomic E-state index is 0.151. The minimum Gasteiger partial charge on any atom is -0.434 e. The monoisotopic (exact) mass is 414 g/mol. The molecule has 3 rings (SSSR count). The Kier molecular flexibility index (Phi) is 7.31. The van der Waals surface area contributed by atoms with E-state index in [4.69, 9.17) is 0 Å². The van der Waals surface area contributed by atoms with Crippen molar-refractivity contribution in [2.75, 3.05) is 6.54 Å². The number of rotatable bonds is 8. The highest BCUT2D eigenvalue weighted by atomic mass is 19.3. The van der Waals surface area contributed by atoms with E-state index in [-0.39, 0.29) is 5.75 Å². The number of nitrogens with zero attached hydrogens (tertiary/aromatic N) is 4. The second kappa shape index (κ2) is 10.3. The summed E-state index contributed by atoms with van der Waals surface area (Å²) in [5.41, 5.74) is 2.53. The van der Waals surface area contributed by atoms with Gasteiger partial charge < -0.3 is 15.4 Å². The molecule has 158 valence electrons. The number of aryl methyl sites for hydroxylation is 1. The van der Waals surface area contributed by atoms with Crippen molar-refractivity contribution in [3.05, 3.63) is 71.9 Å². The predicted octanol–water partition coefficient (Wildman–Crippen LogP) is 3.43. The first kappa shape index (κ1) is 21.2. The van der Waals surface area contributed by atoms with E-state index in [1.807, 2.05) is 42.8 Å². The molecule has 1 aromatic carbocycles. The first-order chi connectivity index (χ1) is 14.5. The van der Waals surface area contributed by atoms with Crippen LogP contribution >= 0.6 is 0 Å². The van der Waals surface area contributed by atoms with Gasteiger partial charge in [0.25, 0.3) is 0 Å². The van der Waals surface area contributed by atoms with Gasteiger partial charge in [-0.05, 0) is 31.5 Å². The molecule has 2 heterocycles. The molecular weight excluding hydrogens is 390 g/mol. The molecule has 3 aromatic rings. The lowest BCUT2D eigenvalue weighted by Gasteiger charge is -2.15. The van der Waals surface area contributed by atoms with Gasteiger partial charge in [-0.3, -0.25) is 4.57 Å². The number of ether oxygens (including phenoxy) is 1. The zero-order valence-corrected chi connectivity index (χ0v) is 16.8. The van der Waals surface area contributed by atoms with Gasteiger partial charge in [0.15, 0.2) is 5.96 Å². The summed E-state index contributed by atoms with van der Waals surface area (Å²) in [6.45, 7) is 2.36. The molecule has 9 heteroatoms. The first-order valence-electron chi connectivity index (χ1n) is 9.55. The standard InChI is InChI=1S/C21H24F2N6O/c1-3-25-21(28-13-17-10-15(2)4-6-18(17)30-20(22)23)27-12-16-5-7-19(26-11-16)29-9-8-24-14-29/h4-11,14,20H,3,12-13H2,1-2H3,(H2,25,27,28). The van der Waals surface area contributed by atoms with Crippen LogP contribution in [0.15, 0.2) is 60.2 Å². The van der Waals surface area contributed by atoms with Crippen molar-refractivity contribution in [2.24, 2.45) is 4.99 Å². The fourth-order valence-corrected chi connectivity index (χ4v) is 2.81. The maximum atomic E-state index is 12.7. The Morgan fingerprint density at radius 3 is 2.77 bits per heavy atom. The highest BCUT2D eigenvalue weighted by Crippen LogP contribution is 2.22. The number of hydrogen-bond acceptors (Lipinski definition) is 4. The number of nitrogens with one attached hydrogen (secondary N) is 2. The maximum absolute atomic E-state index is 12.7. The molecule has 0 spiro atoms. The van der Waals surface area contributed by atoms with E-state index in [9.17, 15) is 8.78 Å². The summed E-state index contributed by atoms with van der Waals surface area (Å²) >= 11 is 0. The third-order valence-electron chi connectivity index (χ3n) is 4.22. The van der Waals surface area contributed by atoms with Crippen molar-refractivity contribution in [3.8, 4) is 11.6 Å². The Morgan fingerprint density at radius 1 is 1.23 bits per heavy atom. The van der Waals surface area contributed by atoms with Gasteiger partial charge in [-0.15, -0.1) is 0 Å². The highest BCUT2D eigenvalue weighted by Gasteiger charge is 2.10. The van der Waals surface area contributed by atoms with E-state index < -0.39 is 6.61 Å². The normalized spacial score (nSPS) is 11.6. The third-order valence-corrected chi connectivity index (χ3v) is 4.22. The van der Waals surface area contributed by atoms with Crippen molar-refractivity contribution < 1.29 is 13.5 Å². The molecule has 0 unspecified atom stereocenters. The lowest BCUT2D eigenvalue weighted by Crippen LogP contribution is -2.36. The first-order valence-corrected chi connectivity index (χ1v) is 9.55. The van der Waals surface area contributed by atoms with Crippen molar-refractivity contribution in [1.29, 1.82) is 0 Å². The van der Waals surface area contributed by atoms with Crippen LogP contribution in [0, 0.1) is 6.92 Å². The van der Waals surface area contributed by atoms with Crippen molar-refractivity contribution in [1.82, 2.24) is 25.2 Å². The number of pyridine rings is 1. The molecule has 0 bridgehead atoms. The zero-order chi connectivity index (χ0) is 21.3. The van der Waals surface area contributed by atoms with E-state index in [0.29, 0.717) is 31.2 Å².